The topological polar surface area (TPSA) is 84.9 Å². The van der Waals surface area contributed by atoms with Crippen LogP contribution in [0.4, 0.5) is 4.39 Å². The number of methoxy groups -OCH3 is 1. The number of halogens is 1. The van der Waals surface area contributed by atoms with Crippen LogP contribution in [0.15, 0.2) is 53.4 Å². The van der Waals surface area contributed by atoms with Gasteiger partial charge in [-0.25, -0.2) is 17.5 Å². The molecule has 1 saturated heterocycles. The van der Waals surface area contributed by atoms with E-state index in [1.807, 2.05) is 0 Å². The number of sulfonamides is 1. The fourth-order valence-electron chi connectivity index (χ4n) is 4.55. The van der Waals surface area contributed by atoms with Crippen molar-refractivity contribution in [2.24, 2.45) is 5.92 Å². The van der Waals surface area contributed by atoms with Crippen LogP contribution in [-0.4, -0.2) is 58.7 Å². The van der Waals surface area contributed by atoms with E-state index in [9.17, 15) is 17.6 Å². The average molecular weight is 463 g/mol. The molecule has 1 N–H and O–H groups in total. The van der Waals surface area contributed by atoms with Crippen molar-refractivity contribution in [1.29, 1.82) is 0 Å². The monoisotopic (exact) mass is 462 g/mol. The van der Waals surface area contributed by atoms with Crippen molar-refractivity contribution in [2.75, 3.05) is 33.4 Å². The molecule has 2 fully saturated rings. The van der Waals surface area contributed by atoms with Crippen LogP contribution < -0.4 is 9.46 Å². The lowest BCUT2D eigenvalue weighted by Gasteiger charge is -2.31. The van der Waals surface area contributed by atoms with Crippen LogP contribution in [0.1, 0.15) is 24.3 Å². The van der Waals surface area contributed by atoms with Gasteiger partial charge >= 0.3 is 0 Å². The number of hydrogen-bond acceptors (Lipinski definition) is 5. The van der Waals surface area contributed by atoms with Crippen molar-refractivity contribution in [3.8, 4) is 5.75 Å². The standard InChI is InChI=1S/C23H27FN2O5S/c1-30-19-6-8-20(9-7-19)32(28,29)25-18-14-21(16-2-4-17(24)5-3-16)22(15-18)23(27)26-10-12-31-13-11-26/h2-9,18,21-22,25H,10-15H2,1H3/t18-,21+,22-/m0/s1. The third kappa shape index (κ3) is 4.95. The molecule has 4 rings (SSSR count). The minimum atomic E-state index is -3.77. The van der Waals surface area contributed by atoms with Crippen molar-refractivity contribution in [3.63, 3.8) is 0 Å². The highest BCUT2D eigenvalue weighted by Gasteiger charge is 2.42. The molecule has 1 amide bonds. The Hall–Kier alpha value is -2.49. The summed E-state index contributed by atoms with van der Waals surface area (Å²) in [6, 6.07) is 11.9. The van der Waals surface area contributed by atoms with E-state index < -0.39 is 16.1 Å². The van der Waals surface area contributed by atoms with E-state index in [0.717, 1.165) is 5.56 Å². The maximum absolute atomic E-state index is 13.5. The van der Waals surface area contributed by atoms with Gasteiger partial charge in [-0.05, 0) is 60.7 Å². The second-order valence-corrected chi connectivity index (χ2v) is 9.88. The van der Waals surface area contributed by atoms with Crippen molar-refractivity contribution < 1.29 is 27.1 Å². The first-order chi connectivity index (χ1) is 15.4. The van der Waals surface area contributed by atoms with Gasteiger partial charge in [-0.2, -0.15) is 0 Å². The van der Waals surface area contributed by atoms with Crippen molar-refractivity contribution in [1.82, 2.24) is 9.62 Å². The third-order valence-electron chi connectivity index (χ3n) is 6.19. The van der Waals surface area contributed by atoms with Crippen LogP contribution in [0.25, 0.3) is 0 Å². The third-order valence-corrected chi connectivity index (χ3v) is 7.73. The zero-order valence-corrected chi connectivity index (χ0v) is 18.7. The minimum Gasteiger partial charge on any atom is -0.497 e. The Morgan fingerprint density at radius 2 is 1.72 bits per heavy atom. The maximum Gasteiger partial charge on any atom is 0.240 e. The zero-order valence-electron chi connectivity index (χ0n) is 17.9. The van der Waals surface area contributed by atoms with Gasteiger partial charge in [0, 0.05) is 25.0 Å². The summed E-state index contributed by atoms with van der Waals surface area (Å²) in [6.07, 6.45) is 0.843. The van der Waals surface area contributed by atoms with Crippen LogP contribution in [0.2, 0.25) is 0 Å². The number of benzene rings is 2. The lowest BCUT2D eigenvalue weighted by atomic mass is 9.88. The van der Waals surface area contributed by atoms with Gasteiger partial charge in [0.25, 0.3) is 0 Å². The van der Waals surface area contributed by atoms with Gasteiger partial charge in [-0.15, -0.1) is 0 Å². The van der Waals surface area contributed by atoms with Gasteiger partial charge < -0.3 is 14.4 Å². The second-order valence-electron chi connectivity index (χ2n) is 8.17. The lowest BCUT2D eigenvalue weighted by Crippen LogP contribution is -2.44. The average Bonchev–Trinajstić information content (AvgIpc) is 3.22. The number of ether oxygens (including phenoxy) is 2. The summed E-state index contributed by atoms with van der Waals surface area (Å²) in [7, 11) is -2.25. The molecular formula is C23H27FN2O5S. The number of amides is 1. The lowest BCUT2D eigenvalue weighted by molar-refractivity contribution is -0.140. The highest BCUT2D eigenvalue weighted by atomic mass is 32.2. The maximum atomic E-state index is 13.5. The Morgan fingerprint density at radius 3 is 2.34 bits per heavy atom. The molecule has 32 heavy (non-hydrogen) atoms. The van der Waals surface area contributed by atoms with Crippen LogP contribution >= 0.6 is 0 Å². The molecule has 1 heterocycles. The van der Waals surface area contributed by atoms with Gasteiger partial charge in [-0.1, -0.05) is 12.1 Å². The SMILES string of the molecule is COc1ccc(S(=O)(=O)N[C@@H]2C[C@H](C(=O)N3CCOCC3)[C@@H](c3ccc(F)cc3)C2)cc1. The smallest absolute Gasteiger partial charge is 0.240 e. The molecule has 1 aliphatic heterocycles. The number of carbonyl (C=O) groups excluding carboxylic acids is 1. The fourth-order valence-corrected chi connectivity index (χ4v) is 5.81. The first-order valence-electron chi connectivity index (χ1n) is 10.7. The Labute approximate surface area is 187 Å². The summed E-state index contributed by atoms with van der Waals surface area (Å²) in [6.45, 7) is 2.03. The van der Waals surface area contributed by atoms with Crippen molar-refractivity contribution in [3.05, 3.63) is 59.9 Å². The predicted octanol–water partition coefficient (Wildman–Crippen LogP) is 2.53. The van der Waals surface area contributed by atoms with E-state index in [2.05, 4.69) is 4.72 Å². The van der Waals surface area contributed by atoms with E-state index >= 15 is 0 Å². The summed E-state index contributed by atoms with van der Waals surface area (Å²) in [5, 5.41) is 0. The predicted molar refractivity (Wildman–Crippen MR) is 116 cm³/mol. The van der Waals surface area contributed by atoms with E-state index in [1.165, 1.54) is 31.4 Å². The number of hydrogen-bond donors (Lipinski definition) is 1. The number of nitrogens with zero attached hydrogens (tertiary/aromatic N) is 1. The molecule has 0 spiro atoms. The molecule has 172 valence electrons. The fraction of sp³-hybridized carbons (Fsp3) is 0.435. The van der Waals surface area contributed by atoms with E-state index in [4.69, 9.17) is 9.47 Å². The molecule has 0 aromatic heterocycles. The first kappa shape index (κ1) is 22.7. The van der Waals surface area contributed by atoms with E-state index in [1.54, 1.807) is 29.2 Å². The highest BCUT2D eigenvalue weighted by Crippen LogP contribution is 2.41. The van der Waals surface area contributed by atoms with E-state index in [0.29, 0.717) is 44.9 Å². The molecule has 7 nitrogen and oxygen atoms in total. The van der Waals surface area contributed by atoms with Crippen molar-refractivity contribution >= 4 is 15.9 Å². The molecule has 0 unspecified atom stereocenters. The molecule has 2 aromatic rings. The van der Waals surface area contributed by atoms with Crippen LogP contribution in [0, 0.1) is 11.7 Å². The largest absolute Gasteiger partial charge is 0.497 e. The number of nitrogens with one attached hydrogen (secondary N) is 1. The minimum absolute atomic E-state index is 0.00577. The molecule has 2 aliphatic rings. The van der Waals surface area contributed by atoms with Crippen LogP contribution in [-0.2, 0) is 19.6 Å². The van der Waals surface area contributed by atoms with Gasteiger partial charge in [0.2, 0.25) is 15.9 Å². The molecule has 3 atom stereocenters. The summed E-state index contributed by atoms with van der Waals surface area (Å²) in [5.41, 5.74) is 0.837. The Bertz CT molecular complexity index is 1040. The molecule has 9 heteroatoms. The molecule has 1 aliphatic carbocycles. The van der Waals surface area contributed by atoms with Gasteiger partial charge in [0.05, 0.1) is 25.2 Å². The summed E-state index contributed by atoms with van der Waals surface area (Å²) >= 11 is 0. The first-order valence-corrected chi connectivity index (χ1v) is 12.1. The normalized spacial score (nSPS) is 23.8. The van der Waals surface area contributed by atoms with Crippen molar-refractivity contribution in [2.45, 2.75) is 29.7 Å². The second kappa shape index (κ2) is 9.56. The Balaban J connectivity index is 1.55. The molecule has 2 aromatic carbocycles. The Morgan fingerprint density at radius 1 is 1.06 bits per heavy atom. The van der Waals surface area contributed by atoms with Crippen LogP contribution in [0.5, 0.6) is 5.75 Å². The number of rotatable bonds is 6. The van der Waals surface area contributed by atoms with Gasteiger partial charge in [0.1, 0.15) is 11.6 Å². The summed E-state index contributed by atoms with van der Waals surface area (Å²) in [4.78, 5) is 15.2. The Kier molecular flexibility index (Phi) is 6.78. The number of carbonyl (C=O) groups is 1. The molecule has 1 saturated carbocycles. The van der Waals surface area contributed by atoms with Crippen LogP contribution in [0.3, 0.4) is 0 Å². The molecular weight excluding hydrogens is 435 g/mol. The molecule has 0 radical (unpaired) electrons. The zero-order chi connectivity index (χ0) is 22.7. The van der Waals surface area contributed by atoms with E-state index in [-0.39, 0.29) is 28.5 Å². The van der Waals surface area contributed by atoms with Gasteiger partial charge in [0.15, 0.2) is 0 Å². The van der Waals surface area contributed by atoms with Gasteiger partial charge in [-0.3, -0.25) is 4.79 Å². The highest BCUT2D eigenvalue weighted by molar-refractivity contribution is 7.89. The summed E-state index contributed by atoms with van der Waals surface area (Å²) < 4.78 is 52.6. The number of morpholine rings is 1. The summed E-state index contributed by atoms with van der Waals surface area (Å²) in [5.74, 6) is -0.373. The molecule has 0 bridgehead atoms. The quantitative estimate of drug-likeness (QED) is 0.713.